The minimum absolute atomic E-state index is 0.0694. The molecule has 0 bridgehead atoms. The summed E-state index contributed by atoms with van der Waals surface area (Å²) in [5.74, 6) is -2.05. The highest BCUT2D eigenvalue weighted by atomic mass is 32.2. The van der Waals surface area contributed by atoms with Crippen molar-refractivity contribution in [2.24, 2.45) is 5.92 Å². The Morgan fingerprint density at radius 1 is 0.778 bits per heavy atom. The molecule has 2 aromatic rings. The van der Waals surface area contributed by atoms with Crippen molar-refractivity contribution >= 4 is 46.9 Å². The first-order chi connectivity index (χ1) is 20.5. The van der Waals surface area contributed by atoms with Crippen molar-refractivity contribution in [3.63, 3.8) is 0 Å². The summed E-state index contributed by atoms with van der Waals surface area (Å²) in [6.07, 6.45) is 0. The van der Waals surface area contributed by atoms with E-state index in [1.165, 1.54) is 24.3 Å². The molecule has 2 heterocycles. The van der Waals surface area contributed by atoms with Gasteiger partial charge in [-0.2, -0.15) is 0 Å². The van der Waals surface area contributed by atoms with Gasteiger partial charge in [-0.15, -0.1) is 0 Å². The summed E-state index contributed by atoms with van der Waals surface area (Å²) in [7, 11) is -6.44. The lowest BCUT2D eigenvalue weighted by molar-refractivity contribution is -0.143. The van der Waals surface area contributed by atoms with Crippen LogP contribution in [0, 0.1) is 11.7 Å². The molecule has 14 heteroatoms. The molecule has 0 saturated carbocycles. The van der Waals surface area contributed by atoms with E-state index in [0.29, 0.717) is 0 Å². The van der Waals surface area contributed by atoms with Gasteiger partial charge < -0.3 is 28.7 Å². The molecule has 2 saturated heterocycles. The highest BCUT2D eigenvalue weighted by molar-refractivity contribution is 7.91. The number of carbonyl (C=O) groups excluding carboxylic acids is 2. The number of carbonyl (C=O) groups is 2. The number of halogens is 1. The molecule has 0 spiro atoms. The molecule has 1 amide bonds. The summed E-state index contributed by atoms with van der Waals surface area (Å²) >= 11 is 0. The van der Waals surface area contributed by atoms with E-state index < -0.39 is 70.7 Å². The maximum atomic E-state index is 15.0. The molecule has 4 rings (SSSR count). The molecule has 0 atom stereocenters. The number of sulfone groups is 1. The molecular weight excluding hydrogens is 603 g/mol. The third kappa shape index (κ3) is 7.30. The first-order valence-corrected chi connectivity index (χ1v) is 16.4. The van der Waals surface area contributed by atoms with E-state index in [-0.39, 0.29) is 38.8 Å². The Balaban J connectivity index is 1.73. The van der Waals surface area contributed by atoms with Crippen LogP contribution in [0.2, 0.25) is 0 Å². The third-order valence-corrected chi connectivity index (χ3v) is 10.4. The zero-order valence-corrected chi connectivity index (χ0v) is 28.4. The Kier molecular flexibility index (Phi) is 9.44. The van der Waals surface area contributed by atoms with Crippen molar-refractivity contribution in [1.29, 1.82) is 0 Å². The van der Waals surface area contributed by atoms with Crippen LogP contribution in [0.25, 0.3) is 0 Å². The van der Waals surface area contributed by atoms with Gasteiger partial charge in [0.25, 0.3) is 5.91 Å². The fraction of sp³-hybridized carbons (Fsp3) is 0.548. The molecule has 45 heavy (non-hydrogen) atoms. The van der Waals surface area contributed by atoms with Crippen molar-refractivity contribution < 1.29 is 45.8 Å². The summed E-state index contributed by atoms with van der Waals surface area (Å²) in [5.41, 5.74) is -2.60. The SMILES string of the molecule is CC(C)COC(=O)CNC(=O)c1cc(B2OC(C)(C)C(C)(C)O2)cc(S(=O)(=O)c2cc(F)cc(B3OC(C)(C)C(C)(C)O3)c2)c1. The Morgan fingerprint density at radius 3 is 1.69 bits per heavy atom. The first kappa shape index (κ1) is 35.1. The highest BCUT2D eigenvalue weighted by Crippen LogP contribution is 2.38. The van der Waals surface area contributed by atoms with Crippen molar-refractivity contribution in [1.82, 2.24) is 5.32 Å². The molecule has 0 aliphatic carbocycles. The number of nitrogens with one attached hydrogen (secondary N) is 1. The van der Waals surface area contributed by atoms with Gasteiger partial charge >= 0.3 is 20.2 Å². The first-order valence-electron chi connectivity index (χ1n) is 14.9. The zero-order chi connectivity index (χ0) is 33.8. The van der Waals surface area contributed by atoms with Crippen LogP contribution < -0.4 is 16.2 Å². The fourth-order valence-electron chi connectivity index (χ4n) is 4.58. The number of esters is 1. The van der Waals surface area contributed by atoms with Gasteiger partial charge in [0.05, 0.1) is 38.8 Å². The normalized spacial score (nSPS) is 20.0. The second kappa shape index (κ2) is 12.1. The molecular formula is C31H42B2FNO9S. The number of rotatable bonds is 9. The van der Waals surface area contributed by atoms with Crippen molar-refractivity contribution in [2.75, 3.05) is 13.2 Å². The van der Waals surface area contributed by atoms with Gasteiger partial charge in [0.1, 0.15) is 12.4 Å². The quantitative estimate of drug-likeness (QED) is 0.323. The molecule has 0 radical (unpaired) electrons. The summed E-state index contributed by atoms with van der Waals surface area (Å²) in [4.78, 5) is 24.7. The van der Waals surface area contributed by atoms with E-state index in [9.17, 15) is 22.4 Å². The predicted octanol–water partition coefficient (Wildman–Crippen LogP) is 3.19. The second-order valence-electron chi connectivity index (χ2n) is 14.0. The average molecular weight is 645 g/mol. The maximum Gasteiger partial charge on any atom is 0.494 e. The number of amides is 1. The van der Waals surface area contributed by atoms with E-state index >= 15 is 0 Å². The predicted molar refractivity (Wildman–Crippen MR) is 168 cm³/mol. The number of benzene rings is 2. The van der Waals surface area contributed by atoms with E-state index in [1.54, 1.807) is 0 Å². The molecule has 2 fully saturated rings. The van der Waals surface area contributed by atoms with Crippen molar-refractivity contribution in [2.45, 2.75) is 101 Å². The minimum Gasteiger partial charge on any atom is -0.464 e. The summed E-state index contributed by atoms with van der Waals surface area (Å²) < 4.78 is 72.6. The van der Waals surface area contributed by atoms with Gasteiger partial charge in [-0.05, 0) is 109 Å². The molecule has 2 aromatic carbocycles. The molecule has 0 aromatic heterocycles. The monoisotopic (exact) mass is 645 g/mol. The lowest BCUT2D eigenvalue weighted by Gasteiger charge is -2.32. The maximum absolute atomic E-state index is 15.0. The highest BCUT2D eigenvalue weighted by Gasteiger charge is 2.53. The Morgan fingerprint density at radius 2 is 1.22 bits per heavy atom. The fourth-order valence-corrected chi connectivity index (χ4v) is 5.98. The minimum atomic E-state index is -4.42. The van der Waals surface area contributed by atoms with Gasteiger partial charge in [0, 0.05) is 5.56 Å². The Bertz CT molecular complexity index is 1560. The lowest BCUT2D eigenvalue weighted by Crippen LogP contribution is -2.41. The molecule has 2 aliphatic heterocycles. The molecule has 244 valence electrons. The molecule has 0 unspecified atom stereocenters. The van der Waals surface area contributed by atoms with Crippen LogP contribution in [-0.4, -0.2) is 70.1 Å². The van der Waals surface area contributed by atoms with Crippen LogP contribution in [0.5, 0.6) is 0 Å². The standard InChI is InChI=1S/C31H42B2FNO9S/c1-19(2)18-40-26(36)17-35-27(37)20-11-21(32-41-28(3,4)29(5,6)42-32)14-24(12-20)45(38,39)25-15-22(13-23(34)16-25)33-43-30(7,8)31(9,10)44-33/h11-16,19H,17-18H2,1-10H3,(H,35,37). The van der Waals surface area contributed by atoms with E-state index in [4.69, 9.17) is 23.4 Å². The van der Waals surface area contributed by atoms with Gasteiger partial charge in [0.2, 0.25) is 9.84 Å². The molecule has 1 N–H and O–H groups in total. The topological polar surface area (TPSA) is 126 Å². The molecule has 2 aliphatic rings. The summed E-state index contributed by atoms with van der Waals surface area (Å²) in [6.45, 7) is 18.2. The largest absolute Gasteiger partial charge is 0.494 e. The number of ether oxygens (including phenoxy) is 1. The number of hydrogen-bond donors (Lipinski definition) is 1. The van der Waals surface area contributed by atoms with E-state index in [0.717, 1.165) is 12.1 Å². The van der Waals surface area contributed by atoms with Gasteiger partial charge in [-0.3, -0.25) is 9.59 Å². The second-order valence-corrected chi connectivity index (χ2v) is 15.9. The Labute approximate surface area is 265 Å². The number of hydrogen-bond acceptors (Lipinski definition) is 9. The summed E-state index contributed by atoms with van der Waals surface area (Å²) in [5, 5.41) is 2.48. The van der Waals surface area contributed by atoms with Gasteiger partial charge in [0.15, 0.2) is 0 Å². The average Bonchev–Trinajstić information content (AvgIpc) is 3.29. The summed E-state index contributed by atoms with van der Waals surface area (Å²) in [6, 6.07) is 7.31. The van der Waals surface area contributed by atoms with Crippen LogP contribution in [0.4, 0.5) is 4.39 Å². The van der Waals surface area contributed by atoms with Gasteiger partial charge in [-0.25, -0.2) is 12.8 Å². The van der Waals surface area contributed by atoms with Gasteiger partial charge in [-0.1, -0.05) is 13.8 Å². The van der Waals surface area contributed by atoms with Crippen LogP contribution in [0.15, 0.2) is 46.2 Å². The van der Waals surface area contributed by atoms with Crippen LogP contribution in [-0.2, 0) is 38.0 Å². The van der Waals surface area contributed by atoms with Crippen LogP contribution in [0.1, 0.15) is 79.6 Å². The van der Waals surface area contributed by atoms with Crippen LogP contribution >= 0.6 is 0 Å². The van der Waals surface area contributed by atoms with Crippen LogP contribution in [0.3, 0.4) is 0 Å². The lowest BCUT2D eigenvalue weighted by atomic mass is 9.78. The van der Waals surface area contributed by atoms with E-state index in [2.05, 4.69) is 5.32 Å². The Hall–Kier alpha value is -2.77. The van der Waals surface area contributed by atoms with Crippen molar-refractivity contribution in [3.05, 3.63) is 47.8 Å². The zero-order valence-electron chi connectivity index (χ0n) is 27.6. The molecule has 10 nitrogen and oxygen atoms in total. The smallest absolute Gasteiger partial charge is 0.464 e. The third-order valence-electron chi connectivity index (χ3n) is 8.73. The van der Waals surface area contributed by atoms with Crippen molar-refractivity contribution in [3.8, 4) is 0 Å². The van der Waals surface area contributed by atoms with E-state index in [1.807, 2.05) is 69.2 Å².